The fourth-order valence-electron chi connectivity index (χ4n) is 1.80. The van der Waals surface area contributed by atoms with Gasteiger partial charge in [0.15, 0.2) is 0 Å². The van der Waals surface area contributed by atoms with Gasteiger partial charge in [0.2, 0.25) is 11.7 Å². The Morgan fingerprint density at radius 3 is 2.84 bits per heavy atom. The minimum Gasteiger partial charge on any atom is -0.508 e. The van der Waals surface area contributed by atoms with Crippen LogP contribution in [0, 0.1) is 0 Å². The maximum Gasteiger partial charge on any atom is 0.227 e. The van der Waals surface area contributed by atoms with Gasteiger partial charge in [0, 0.05) is 18.4 Å². The fraction of sp³-hybridized carbons (Fsp3) is 0.143. The van der Waals surface area contributed by atoms with Crippen molar-refractivity contribution in [3.63, 3.8) is 0 Å². The Kier molecular flexibility index (Phi) is 3.02. The molecule has 0 amide bonds. The maximum atomic E-state index is 9.41. The fourth-order valence-corrected chi connectivity index (χ4v) is 1.80. The van der Waals surface area contributed by atoms with Crippen LogP contribution in [-0.2, 0) is 12.8 Å². The van der Waals surface area contributed by atoms with Gasteiger partial charge in [0.05, 0.1) is 6.26 Å². The molecule has 5 nitrogen and oxygen atoms in total. The summed E-state index contributed by atoms with van der Waals surface area (Å²) in [6, 6.07) is 10.5. The highest BCUT2D eigenvalue weighted by Crippen LogP contribution is 2.20. The molecule has 0 aliphatic rings. The van der Waals surface area contributed by atoms with Gasteiger partial charge < -0.3 is 14.0 Å². The Labute approximate surface area is 109 Å². The zero-order chi connectivity index (χ0) is 13.1. The first-order valence-electron chi connectivity index (χ1n) is 5.95. The van der Waals surface area contributed by atoms with Crippen LogP contribution in [0.5, 0.6) is 5.75 Å². The van der Waals surface area contributed by atoms with Crippen molar-refractivity contribution in [2.24, 2.45) is 0 Å². The third-order valence-corrected chi connectivity index (χ3v) is 2.74. The van der Waals surface area contributed by atoms with E-state index < -0.39 is 0 Å². The number of phenolic OH excluding ortho intramolecular Hbond substituents is 1. The molecule has 0 radical (unpaired) electrons. The Bertz CT molecular complexity index is 659. The molecule has 3 aromatic rings. The molecular formula is C14H12N2O3. The highest BCUT2D eigenvalue weighted by molar-refractivity contribution is 5.56. The molecule has 0 bridgehead atoms. The molecule has 2 heterocycles. The second kappa shape index (κ2) is 4.97. The van der Waals surface area contributed by atoms with E-state index in [0.717, 1.165) is 11.3 Å². The molecule has 0 unspecified atom stereocenters. The SMILES string of the molecule is Oc1cccc(-c2noc(CCc3ccco3)n2)c1. The van der Waals surface area contributed by atoms with Crippen LogP contribution in [0.25, 0.3) is 11.4 Å². The zero-order valence-corrected chi connectivity index (χ0v) is 10.1. The first-order chi connectivity index (χ1) is 9.31. The maximum absolute atomic E-state index is 9.41. The Hall–Kier alpha value is -2.56. The van der Waals surface area contributed by atoms with E-state index in [4.69, 9.17) is 8.94 Å². The van der Waals surface area contributed by atoms with E-state index in [0.29, 0.717) is 24.6 Å². The standard InChI is InChI=1S/C14H12N2O3/c17-11-4-1-3-10(9-11)14-15-13(19-16-14)7-6-12-5-2-8-18-12/h1-5,8-9,17H,6-7H2. The van der Waals surface area contributed by atoms with Crippen molar-refractivity contribution in [2.75, 3.05) is 0 Å². The molecular weight excluding hydrogens is 244 g/mol. The van der Waals surface area contributed by atoms with Crippen molar-refractivity contribution in [3.05, 3.63) is 54.3 Å². The number of phenols is 1. The molecule has 0 spiro atoms. The van der Waals surface area contributed by atoms with Crippen LogP contribution >= 0.6 is 0 Å². The summed E-state index contributed by atoms with van der Waals surface area (Å²) in [6.07, 6.45) is 2.98. The van der Waals surface area contributed by atoms with E-state index >= 15 is 0 Å². The van der Waals surface area contributed by atoms with Crippen LogP contribution in [0.2, 0.25) is 0 Å². The Morgan fingerprint density at radius 2 is 2.05 bits per heavy atom. The summed E-state index contributed by atoms with van der Waals surface area (Å²) in [4.78, 5) is 4.29. The zero-order valence-electron chi connectivity index (χ0n) is 10.1. The lowest BCUT2D eigenvalue weighted by molar-refractivity contribution is 0.374. The second-order valence-corrected chi connectivity index (χ2v) is 4.14. The van der Waals surface area contributed by atoms with Crippen molar-refractivity contribution in [1.82, 2.24) is 10.1 Å². The Morgan fingerprint density at radius 1 is 1.11 bits per heavy atom. The first kappa shape index (κ1) is 11.5. The quantitative estimate of drug-likeness (QED) is 0.777. The van der Waals surface area contributed by atoms with Crippen LogP contribution in [0.3, 0.4) is 0 Å². The van der Waals surface area contributed by atoms with Gasteiger partial charge in [-0.05, 0) is 24.3 Å². The number of rotatable bonds is 4. The molecule has 0 aliphatic heterocycles. The van der Waals surface area contributed by atoms with Gasteiger partial charge in [-0.15, -0.1) is 0 Å². The van der Waals surface area contributed by atoms with Gasteiger partial charge in [-0.25, -0.2) is 0 Å². The van der Waals surface area contributed by atoms with Crippen LogP contribution in [0.4, 0.5) is 0 Å². The first-order valence-corrected chi connectivity index (χ1v) is 5.95. The minimum absolute atomic E-state index is 0.180. The van der Waals surface area contributed by atoms with E-state index in [1.54, 1.807) is 24.5 Å². The summed E-state index contributed by atoms with van der Waals surface area (Å²) in [5.41, 5.74) is 0.730. The van der Waals surface area contributed by atoms with Gasteiger partial charge >= 0.3 is 0 Å². The summed E-state index contributed by atoms with van der Waals surface area (Å²) >= 11 is 0. The Balaban J connectivity index is 1.72. The summed E-state index contributed by atoms with van der Waals surface area (Å²) in [6.45, 7) is 0. The minimum atomic E-state index is 0.180. The highest BCUT2D eigenvalue weighted by Gasteiger charge is 2.09. The molecule has 3 rings (SSSR count). The van der Waals surface area contributed by atoms with Crippen molar-refractivity contribution in [3.8, 4) is 17.1 Å². The molecule has 96 valence electrons. The van der Waals surface area contributed by atoms with E-state index in [9.17, 15) is 5.11 Å². The van der Waals surface area contributed by atoms with E-state index in [1.807, 2.05) is 18.2 Å². The number of aromatic nitrogens is 2. The molecule has 0 saturated carbocycles. The average molecular weight is 256 g/mol. The van der Waals surface area contributed by atoms with Crippen molar-refractivity contribution >= 4 is 0 Å². The average Bonchev–Trinajstić information content (AvgIpc) is 3.08. The number of furan rings is 1. The highest BCUT2D eigenvalue weighted by atomic mass is 16.5. The number of aryl methyl sites for hydroxylation is 2. The second-order valence-electron chi connectivity index (χ2n) is 4.14. The van der Waals surface area contributed by atoms with Gasteiger partial charge in [-0.3, -0.25) is 0 Å². The summed E-state index contributed by atoms with van der Waals surface area (Å²) in [5, 5.41) is 13.3. The molecule has 1 N–H and O–H groups in total. The van der Waals surface area contributed by atoms with E-state index in [-0.39, 0.29) is 5.75 Å². The molecule has 0 fully saturated rings. The number of hydrogen-bond acceptors (Lipinski definition) is 5. The van der Waals surface area contributed by atoms with E-state index in [2.05, 4.69) is 10.1 Å². The lowest BCUT2D eigenvalue weighted by Crippen LogP contribution is -1.89. The predicted molar refractivity (Wildman–Crippen MR) is 67.5 cm³/mol. The molecule has 0 aliphatic carbocycles. The third kappa shape index (κ3) is 2.65. The molecule has 19 heavy (non-hydrogen) atoms. The molecule has 0 atom stereocenters. The van der Waals surface area contributed by atoms with Crippen molar-refractivity contribution < 1.29 is 14.0 Å². The van der Waals surface area contributed by atoms with Gasteiger partial charge in [-0.1, -0.05) is 17.3 Å². The summed E-state index contributed by atoms with van der Waals surface area (Å²) < 4.78 is 10.4. The third-order valence-electron chi connectivity index (χ3n) is 2.74. The smallest absolute Gasteiger partial charge is 0.227 e. The van der Waals surface area contributed by atoms with Gasteiger partial charge in [0.25, 0.3) is 0 Å². The van der Waals surface area contributed by atoms with Crippen LogP contribution < -0.4 is 0 Å². The number of aromatic hydroxyl groups is 1. The topological polar surface area (TPSA) is 72.3 Å². The van der Waals surface area contributed by atoms with Gasteiger partial charge in [-0.2, -0.15) is 4.98 Å². The molecule has 0 saturated heterocycles. The van der Waals surface area contributed by atoms with Gasteiger partial charge in [0.1, 0.15) is 11.5 Å². The lowest BCUT2D eigenvalue weighted by atomic mass is 10.2. The monoisotopic (exact) mass is 256 g/mol. The summed E-state index contributed by atoms with van der Waals surface area (Å²) in [7, 11) is 0. The van der Waals surface area contributed by atoms with Crippen LogP contribution in [-0.4, -0.2) is 15.2 Å². The molecule has 5 heteroatoms. The number of benzene rings is 1. The normalized spacial score (nSPS) is 10.7. The predicted octanol–water partition coefficient (Wildman–Crippen LogP) is 2.82. The lowest BCUT2D eigenvalue weighted by Gasteiger charge is -1.94. The number of hydrogen-bond donors (Lipinski definition) is 1. The van der Waals surface area contributed by atoms with Crippen molar-refractivity contribution in [2.45, 2.75) is 12.8 Å². The van der Waals surface area contributed by atoms with Crippen LogP contribution in [0.1, 0.15) is 11.7 Å². The van der Waals surface area contributed by atoms with E-state index in [1.165, 1.54) is 0 Å². The molecule has 2 aromatic heterocycles. The van der Waals surface area contributed by atoms with Crippen molar-refractivity contribution in [1.29, 1.82) is 0 Å². The largest absolute Gasteiger partial charge is 0.508 e. The number of nitrogens with zero attached hydrogens (tertiary/aromatic N) is 2. The summed E-state index contributed by atoms with van der Waals surface area (Å²) in [5.74, 6) is 2.09. The van der Waals surface area contributed by atoms with Crippen LogP contribution in [0.15, 0.2) is 51.6 Å². The molecule has 1 aromatic carbocycles.